The zero-order valence-electron chi connectivity index (χ0n) is 11.2. The third kappa shape index (κ3) is 3.16. The normalized spacial score (nSPS) is 23.9. The molecule has 0 radical (unpaired) electrons. The Hall–Kier alpha value is -1.23. The molecule has 1 heterocycles. The van der Waals surface area contributed by atoms with Gasteiger partial charge in [0.1, 0.15) is 0 Å². The zero-order valence-corrected chi connectivity index (χ0v) is 11.2. The molecule has 1 aromatic rings. The van der Waals surface area contributed by atoms with Crippen LogP contribution in [-0.4, -0.2) is 32.4 Å². The van der Waals surface area contributed by atoms with Crippen LogP contribution in [0.25, 0.3) is 0 Å². The van der Waals surface area contributed by atoms with Crippen LogP contribution in [0.3, 0.4) is 0 Å². The highest BCUT2D eigenvalue weighted by Gasteiger charge is 2.21. The van der Waals surface area contributed by atoms with Crippen molar-refractivity contribution in [3.63, 3.8) is 0 Å². The van der Waals surface area contributed by atoms with Gasteiger partial charge in [-0.25, -0.2) is 4.98 Å². The molecule has 2 N–H and O–H groups in total. The van der Waals surface area contributed by atoms with Gasteiger partial charge in [-0.2, -0.15) is 5.10 Å². The molecule has 0 spiro atoms. The quantitative estimate of drug-likeness (QED) is 0.851. The summed E-state index contributed by atoms with van der Waals surface area (Å²) in [6.45, 7) is 4.15. The standard InChI is InChI=1S/C13H22N4O/c1-3-11-12(4-2)16-17-13(15-11)14-9-6-5-7-10(18)8-9/h9-10,18H,3-8H2,1-2H3,(H,14,15,17). The van der Waals surface area contributed by atoms with Gasteiger partial charge in [-0.15, -0.1) is 5.10 Å². The van der Waals surface area contributed by atoms with E-state index in [4.69, 9.17) is 0 Å². The van der Waals surface area contributed by atoms with Crippen LogP contribution in [0, 0.1) is 0 Å². The van der Waals surface area contributed by atoms with Crippen LogP contribution in [0.15, 0.2) is 0 Å². The number of aromatic nitrogens is 3. The lowest BCUT2D eigenvalue weighted by atomic mass is 9.93. The van der Waals surface area contributed by atoms with E-state index in [0.29, 0.717) is 5.95 Å². The monoisotopic (exact) mass is 250 g/mol. The zero-order chi connectivity index (χ0) is 13.0. The predicted octanol–water partition coefficient (Wildman–Crippen LogP) is 1.71. The first-order chi connectivity index (χ1) is 8.72. The third-order valence-electron chi connectivity index (χ3n) is 3.49. The topological polar surface area (TPSA) is 70.9 Å². The van der Waals surface area contributed by atoms with Gasteiger partial charge in [-0.05, 0) is 38.5 Å². The van der Waals surface area contributed by atoms with Crippen molar-refractivity contribution in [1.82, 2.24) is 15.2 Å². The molecule has 0 bridgehead atoms. The third-order valence-corrected chi connectivity index (χ3v) is 3.49. The predicted molar refractivity (Wildman–Crippen MR) is 70.5 cm³/mol. The van der Waals surface area contributed by atoms with Crippen molar-refractivity contribution in [2.75, 3.05) is 5.32 Å². The Kier molecular flexibility index (Phi) is 4.47. The van der Waals surface area contributed by atoms with E-state index in [1.807, 2.05) is 0 Å². The molecule has 1 fully saturated rings. The molecule has 1 aliphatic rings. The van der Waals surface area contributed by atoms with Gasteiger partial charge in [0.05, 0.1) is 17.5 Å². The summed E-state index contributed by atoms with van der Waals surface area (Å²) in [7, 11) is 0. The molecular weight excluding hydrogens is 228 g/mol. The summed E-state index contributed by atoms with van der Waals surface area (Å²) in [5.74, 6) is 0.600. The fraction of sp³-hybridized carbons (Fsp3) is 0.769. The number of aliphatic hydroxyl groups is 1. The Morgan fingerprint density at radius 1 is 1.17 bits per heavy atom. The first-order valence-corrected chi connectivity index (χ1v) is 6.90. The molecule has 1 aliphatic carbocycles. The van der Waals surface area contributed by atoms with Gasteiger partial charge in [-0.1, -0.05) is 13.8 Å². The first-order valence-electron chi connectivity index (χ1n) is 6.90. The highest BCUT2D eigenvalue weighted by molar-refractivity contribution is 5.27. The molecule has 18 heavy (non-hydrogen) atoms. The van der Waals surface area contributed by atoms with E-state index < -0.39 is 0 Å². The number of aliphatic hydroxyl groups excluding tert-OH is 1. The average Bonchev–Trinajstić information content (AvgIpc) is 2.38. The lowest BCUT2D eigenvalue weighted by Crippen LogP contribution is -2.30. The van der Waals surface area contributed by atoms with Crippen LogP contribution in [0.1, 0.15) is 50.9 Å². The molecule has 0 aliphatic heterocycles. The van der Waals surface area contributed by atoms with Crippen molar-refractivity contribution in [3.05, 3.63) is 11.4 Å². The minimum Gasteiger partial charge on any atom is -0.393 e. The van der Waals surface area contributed by atoms with E-state index in [1.165, 1.54) is 0 Å². The average molecular weight is 250 g/mol. The van der Waals surface area contributed by atoms with Crippen molar-refractivity contribution >= 4 is 5.95 Å². The molecule has 2 rings (SSSR count). The number of nitrogens with one attached hydrogen (secondary N) is 1. The van der Waals surface area contributed by atoms with Crippen molar-refractivity contribution in [3.8, 4) is 0 Å². The van der Waals surface area contributed by atoms with Gasteiger partial charge in [0, 0.05) is 6.04 Å². The summed E-state index contributed by atoms with van der Waals surface area (Å²) < 4.78 is 0. The molecule has 0 aromatic carbocycles. The van der Waals surface area contributed by atoms with Gasteiger partial charge in [-0.3, -0.25) is 0 Å². The SMILES string of the molecule is CCc1nnc(NC2CCCC(O)C2)nc1CC. The van der Waals surface area contributed by atoms with Crippen LogP contribution in [0.2, 0.25) is 0 Å². The second kappa shape index (κ2) is 6.09. The van der Waals surface area contributed by atoms with Gasteiger partial charge in [0.25, 0.3) is 0 Å². The lowest BCUT2D eigenvalue weighted by Gasteiger charge is -2.26. The maximum absolute atomic E-state index is 9.64. The number of hydrogen-bond acceptors (Lipinski definition) is 5. The number of aryl methyl sites for hydroxylation is 2. The molecule has 5 nitrogen and oxygen atoms in total. The summed E-state index contributed by atoms with van der Waals surface area (Å²) in [6.07, 6.45) is 5.36. The molecule has 0 amide bonds. The Morgan fingerprint density at radius 3 is 2.61 bits per heavy atom. The Balaban J connectivity index is 2.04. The number of rotatable bonds is 4. The van der Waals surface area contributed by atoms with Crippen LogP contribution in [-0.2, 0) is 12.8 Å². The minimum absolute atomic E-state index is 0.190. The maximum atomic E-state index is 9.64. The fourth-order valence-corrected chi connectivity index (χ4v) is 2.48. The summed E-state index contributed by atoms with van der Waals surface area (Å²) in [5.41, 5.74) is 2.00. The Bertz CT molecular complexity index is 397. The summed E-state index contributed by atoms with van der Waals surface area (Å²) in [6, 6.07) is 0.271. The smallest absolute Gasteiger partial charge is 0.243 e. The van der Waals surface area contributed by atoms with Crippen LogP contribution >= 0.6 is 0 Å². The molecule has 0 saturated heterocycles. The summed E-state index contributed by atoms with van der Waals surface area (Å²) in [5, 5.41) is 21.3. The fourth-order valence-electron chi connectivity index (χ4n) is 2.48. The van der Waals surface area contributed by atoms with E-state index in [9.17, 15) is 5.11 Å². The van der Waals surface area contributed by atoms with Gasteiger partial charge < -0.3 is 10.4 Å². The number of nitrogens with zero attached hydrogens (tertiary/aromatic N) is 3. The van der Waals surface area contributed by atoms with Crippen molar-refractivity contribution in [2.45, 2.75) is 64.5 Å². The first kappa shape index (κ1) is 13.2. The molecule has 2 atom stereocenters. The van der Waals surface area contributed by atoms with E-state index in [0.717, 1.165) is 49.9 Å². The van der Waals surface area contributed by atoms with E-state index in [-0.39, 0.29) is 12.1 Å². The second-order valence-electron chi connectivity index (χ2n) is 4.90. The van der Waals surface area contributed by atoms with Crippen LogP contribution < -0.4 is 5.32 Å². The maximum Gasteiger partial charge on any atom is 0.243 e. The molecule has 2 unspecified atom stereocenters. The molecule has 1 aromatic heterocycles. The molecule has 1 saturated carbocycles. The van der Waals surface area contributed by atoms with Crippen molar-refractivity contribution < 1.29 is 5.11 Å². The van der Waals surface area contributed by atoms with Crippen molar-refractivity contribution in [2.24, 2.45) is 0 Å². The van der Waals surface area contributed by atoms with E-state index >= 15 is 0 Å². The van der Waals surface area contributed by atoms with Gasteiger partial charge in [0.2, 0.25) is 5.95 Å². The van der Waals surface area contributed by atoms with Crippen molar-refractivity contribution in [1.29, 1.82) is 0 Å². The van der Waals surface area contributed by atoms with E-state index in [1.54, 1.807) is 0 Å². The number of anilines is 1. The van der Waals surface area contributed by atoms with Gasteiger partial charge in [0.15, 0.2) is 0 Å². The lowest BCUT2D eigenvalue weighted by molar-refractivity contribution is 0.124. The minimum atomic E-state index is -0.190. The summed E-state index contributed by atoms with van der Waals surface area (Å²) >= 11 is 0. The largest absolute Gasteiger partial charge is 0.393 e. The van der Waals surface area contributed by atoms with E-state index in [2.05, 4.69) is 34.3 Å². The number of hydrogen-bond donors (Lipinski definition) is 2. The highest BCUT2D eigenvalue weighted by atomic mass is 16.3. The second-order valence-corrected chi connectivity index (χ2v) is 4.90. The Morgan fingerprint density at radius 2 is 1.94 bits per heavy atom. The molecule has 100 valence electrons. The van der Waals surface area contributed by atoms with Crippen LogP contribution in [0.4, 0.5) is 5.95 Å². The molecular formula is C13H22N4O. The van der Waals surface area contributed by atoms with Gasteiger partial charge >= 0.3 is 0 Å². The molecule has 5 heteroatoms. The Labute approximate surface area is 108 Å². The summed E-state index contributed by atoms with van der Waals surface area (Å²) in [4.78, 5) is 4.51. The van der Waals surface area contributed by atoms with Crippen LogP contribution in [0.5, 0.6) is 0 Å². The highest BCUT2D eigenvalue weighted by Crippen LogP contribution is 2.21.